The molecule has 2 aromatic heterocycles. The van der Waals surface area contributed by atoms with Crippen LogP contribution in [0.2, 0.25) is 0 Å². The molecule has 1 aliphatic rings. The molecule has 0 radical (unpaired) electrons. The number of aliphatic hydroxyl groups excluding tert-OH is 1. The molecule has 176 valence electrons. The van der Waals surface area contributed by atoms with Gasteiger partial charge in [-0.15, -0.1) is 0 Å². The number of pyridine rings is 1. The van der Waals surface area contributed by atoms with E-state index in [4.69, 9.17) is 4.74 Å². The highest BCUT2D eigenvalue weighted by atomic mass is 79.9. The minimum absolute atomic E-state index is 0.000941. The Bertz CT molecular complexity index is 1500. The smallest absolute Gasteiger partial charge is 0.301 e. The minimum Gasteiger partial charge on any atom is -0.507 e. The number of hydrogen-bond donors (Lipinski definition) is 1. The molecule has 1 unspecified atom stereocenters. The quantitative estimate of drug-likeness (QED) is 0.192. The summed E-state index contributed by atoms with van der Waals surface area (Å²) >= 11 is 4.74. The maximum absolute atomic E-state index is 13.3. The zero-order valence-electron chi connectivity index (χ0n) is 18.9. The highest BCUT2D eigenvalue weighted by molar-refractivity contribution is 9.10. The van der Waals surface area contributed by atoms with Gasteiger partial charge in [-0.2, -0.15) is 0 Å². The Morgan fingerprint density at radius 3 is 2.74 bits per heavy atom. The normalized spacial score (nSPS) is 17.3. The Hall–Kier alpha value is -3.56. The van der Waals surface area contributed by atoms with E-state index in [1.54, 1.807) is 42.7 Å². The first-order chi connectivity index (χ1) is 16.9. The van der Waals surface area contributed by atoms with E-state index in [0.717, 1.165) is 14.7 Å². The summed E-state index contributed by atoms with van der Waals surface area (Å²) in [4.78, 5) is 36.8. The SMILES string of the molecule is CCOc1ccc2nc(N3C(=O)C(=O)/C(=C(/O)c4ccc(Br)c(C)c4)C3c3cccnc3)sc2c1. The Balaban J connectivity index is 1.69. The Labute approximate surface area is 213 Å². The largest absolute Gasteiger partial charge is 0.507 e. The maximum Gasteiger partial charge on any atom is 0.301 e. The fraction of sp³-hybridized carbons (Fsp3) is 0.154. The van der Waals surface area contributed by atoms with E-state index in [1.807, 2.05) is 32.0 Å². The lowest BCUT2D eigenvalue weighted by Crippen LogP contribution is -2.29. The number of carbonyl (C=O) groups is 2. The van der Waals surface area contributed by atoms with Gasteiger partial charge in [-0.1, -0.05) is 39.4 Å². The summed E-state index contributed by atoms with van der Waals surface area (Å²) in [6.45, 7) is 4.32. The average Bonchev–Trinajstić information content (AvgIpc) is 3.39. The number of benzene rings is 2. The van der Waals surface area contributed by atoms with E-state index >= 15 is 0 Å². The number of thiazole rings is 1. The van der Waals surface area contributed by atoms with Crippen LogP contribution in [0.5, 0.6) is 5.75 Å². The number of anilines is 1. The number of ketones is 1. The van der Waals surface area contributed by atoms with Gasteiger partial charge in [0.25, 0.3) is 5.78 Å². The van der Waals surface area contributed by atoms with Gasteiger partial charge in [0.05, 0.1) is 28.4 Å². The van der Waals surface area contributed by atoms with Crippen molar-refractivity contribution in [3.05, 3.63) is 87.7 Å². The third kappa shape index (κ3) is 4.11. The molecule has 0 spiro atoms. The van der Waals surface area contributed by atoms with Crippen LogP contribution in [0.25, 0.3) is 16.0 Å². The number of aryl methyl sites for hydroxylation is 1. The van der Waals surface area contributed by atoms with Gasteiger partial charge < -0.3 is 9.84 Å². The third-order valence-corrected chi connectivity index (χ3v) is 7.65. The van der Waals surface area contributed by atoms with Crippen LogP contribution in [0.4, 0.5) is 5.13 Å². The van der Waals surface area contributed by atoms with Crippen molar-refractivity contribution in [3.63, 3.8) is 0 Å². The van der Waals surface area contributed by atoms with Crippen molar-refractivity contribution in [1.29, 1.82) is 0 Å². The zero-order valence-corrected chi connectivity index (χ0v) is 21.3. The average molecular weight is 550 g/mol. The molecule has 1 N–H and O–H groups in total. The highest BCUT2D eigenvalue weighted by Gasteiger charge is 2.48. The van der Waals surface area contributed by atoms with Gasteiger partial charge in [0, 0.05) is 22.4 Å². The number of fused-ring (bicyclic) bond motifs is 1. The lowest BCUT2D eigenvalue weighted by Gasteiger charge is -2.22. The van der Waals surface area contributed by atoms with Crippen LogP contribution in [0, 0.1) is 6.92 Å². The van der Waals surface area contributed by atoms with Crippen LogP contribution in [0.3, 0.4) is 0 Å². The van der Waals surface area contributed by atoms with Gasteiger partial charge in [-0.05, 0) is 61.4 Å². The maximum atomic E-state index is 13.3. The second-order valence-electron chi connectivity index (χ2n) is 7.98. The number of carbonyl (C=O) groups excluding carboxylic acids is 2. The molecule has 1 saturated heterocycles. The number of nitrogens with zero attached hydrogens (tertiary/aromatic N) is 3. The second kappa shape index (κ2) is 9.24. The molecule has 3 heterocycles. The van der Waals surface area contributed by atoms with Crippen molar-refractivity contribution in [2.75, 3.05) is 11.5 Å². The molecule has 1 fully saturated rings. The van der Waals surface area contributed by atoms with Crippen molar-refractivity contribution in [2.24, 2.45) is 0 Å². The molecular weight excluding hydrogens is 530 g/mol. The molecule has 7 nitrogen and oxygen atoms in total. The van der Waals surface area contributed by atoms with Crippen LogP contribution in [0.15, 0.2) is 71.0 Å². The summed E-state index contributed by atoms with van der Waals surface area (Å²) in [6.07, 6.45) is 3.20. The van der Waals surface area contributed by atoms with Gasteiger partial charge >= 0.3 is 5.91 Å². The molecule has 1 atom stereocenters. The van der Waals surface area contributed by atoms with E-state index in [0.29, 0.717) is 34.1 Å². The van der Waals surface area contributed by atoms with E-state index in [-0.39, 0.29) is 11.3 Å². The number of aliphatic hydroxyl groups is 1. The first-order valence-corrected chi connectivity index (χ1v) is 12.5. The lowest BCUT2D eigenvalue weighted by molar-refractivity contribution is -0.132. The predicted octanol–water partition coefficient (Wildman–Crippen LogP) is 5.79. The van der Waals surface area contributed by atoms with Crippen LogP contribution in [0.1, 0.15) is 29.7 Å². The zero-order chi connectivity index (χ0) is 24.7. The van der Waals surface area contributed by atoms with Crippen LogP contribution >= 0.6 is 27.3 Å². The Morgan fingerprint density at radius 2 is 2.03 bits per heavy atom. The van der Waals surface area contributed by atoms with Crippen LogP contribution in [-0.2, 0) is 9.59 Å². The van der Waals surface area contributed by atoms with Gasteiger partial charge in [0.1, 0.15) is 11.5 Å². The molecule has 0 bridgehead atoms. The molecule has 1 amide bonds. The summed E-state index contributed by atoms with van der Waals surface area (Å²) in [5, 5.41) is 11.6. The van der Waals surface area contributed by atoms with Gasteiger partial charge in [-0.3, -0.25) is 19.5 Å². The molecule has 1 aliphatic heterocycles. The molecule has 2 aromatic carbocycles. The number of halogens is 1. The predicted molar refractivity (Wildman–Crippen MR) is 139 cm³/mol. The van der Waals surface area contributed by atoms with E-state index in [2.05, 4.69) is 25.9 Å². The lowest BCUT2D eigenvalue weighted by atomic mass is 9.96. The van der Waals surface area contributed by atoms with E-state index < -0.39 is 17.7 Å². The molecule has 9 heteroatoms. The highest BCUT2D eigenvalue weighted by Crippen LogP contribution is 2.44. The molecule has 0 aliphatic carbocycles. The standard InChI is InChI=1S/C26H20BrN3O4S/c1-3-34-17-7-9-19-20(12-17)35-26(29-19)30-22(16-5-4-10-28-13-16)21(24(32)25(30)33)23(31)15-6-8-18(27)14(2)11-15/h4-13,22,31H,3H2,1-2H3/b23-21+. The van der Waals surface area contributed by atoms with Gasteiger partial charge in [0.15, 0.2) is 5.13 Å². The summed E-state index contributed by atoms with van der Waals surface area (Å²) in [7, 11) is 0. The molecule has 0 saturated carbocycles. The number of rotatable bonds is 5. The van der Waals surface area contributed by atoms with Crippen LogP contribution in [-0.4, -0.2) is 33.4 Å². The summed E-state index contributed by atoms with van der Waals surface area (Å²) in [5.41, 5.74) is 2.61. The van der Waals surface area contributed by atoms with Crippen molar-refractivity contribution in [3.8, 4) is 5.75 Å². The minimum atomic E-state index is -0.875. The Kier molecular flexibility index (Phi) is 6.12. The molecular formula is C26H20BrN3O4S. The fourth-order valence-corrected chi connectivity index (χ4v) is 5.35. The van der Waals surface area contributed by atoms with Gasteiger partial charge in [0.2, 0.25) is 0 Å². The monoisotopic (exact) mass is 549 g/mol. The fourth-order valence-electron chi connectivity index (χ4n) is 4.08. The second-order valence-corrected chi connectivity index (χ2v) is 9.84. The van der Waals surface area contributed by atoms with Gasteiger partial charge in [-0.25, -0.2) is 4.98 Å². The summed E-state index contributed by atoms with van der Waals surface area (Å²) in [5.74, 6) is -1.06. The third-order valence-electron chi connectivity index (χ3n) is 5.74. The number of hydrogen-bond acceptors (Lipinski definition) is 7. The molecule has 5 rings (SSSR count). The van der Waals surface area contributed by atoms with Crippen molar-refractivity contribution in [1.82, 2.24) is 9.97 Å². The number of aromatic nitrogens is 2. The molecule has 4 aromatic rings. The van der Waals surface area contributed by atoms with Crippen molar-refractivity contribution in [2.45, 2.75) is 19.9 Å². The summed E-state index contributed by atoms with van der Waals surface area (Å²) in [6, 6.07) is 13.4. The van der Waals surface area contributed by atoms with Crippen LogP contribution < -0.4 is 9.64 Å². The molecule has 35 heavy (non-hydrogen) atoms. The van der Waals surface area contributed by atoms with Crippen molar-refractivity contribution >= 4 is 60.1 Å². The number of ether oxygens (including phenoxy) is 1. The summed E-state index contributed by atoms with van der Waals surface area (Å²) < 4.78 is 7.28. The van der Waals surface area contributed by atoms with E-state index in [9.17, 15) is 14.7 Å². The Morgan fingerprint density at radius 1 is 1.20 bits per heavy atom. The van der Waals surface area contributed by atoms with Crippen molar-refractivity contribution < 1.29 is 19.4 Å². The first-order valence-electron chi connectivity index (χ1n) is 10.9. The first kappa shape index (κ1) is 23.2. The topological polar surface area (TPSA) is 92.6 Å². The number of Topliss-reactive ketones (excluding diaryl/α,β-unsaturated/α-hetero) is 1. The number of amides is 1. The van der Waals surface area contributed by atoms with E-state index in [1.165, 1.54) is 16.2 Å².